The molecular weight excluding hydrogens is 850 g/mol. The van der Waals surface area contributed by atoms with Gasteiger partial charge in [0.2, 0.25) is 11.4 Å². The first kappa shape index (κ1) is 53.1. The summed E-state index contributed by atoms with van der Waals surface area (Å²) in [6, 6.07) is 5.03. The van der Waals surface area contributed by atoms with E-state index in [1.807, 2.05) is 53.7 Å². The molecule has 0 saturated carbocycles. The molecule has 2 saturated heterocycles. The standard InChI is InChI=1S/C49H67F3N2O11/c1-13-14-18-40(55)62-39-26-47(59,65-42(27(2)3)32(39)8)34(10)41(56)33(9)44-37(60-11)17-15-16-28(4)23-30(6)43(31(7)24-29(5)25-38(61-12)46(58)64-44)63-45(57)35-19-21-36(22-20-35)48(53-54-48)49(50,51)52/h1,15-17,19-22,24-25,27,30-34,37,39,41-44,53-54,56,59H,14,18,23,26H2,2-12H3/b17-15+,28-16+,29-24+,38-25-/t30-,31+,32-,33-,34-,37-,39+,41+,42+,43-,44+,47+/m0/s1. The third-order valence-corrected chi connectivity index (χ3v) is 12.8. The summed E-state index contributed by atoms with van der Waals surface area (Å²) < 4.78 is 76.8. The Morgan fingerprint density at radius 3 is 2.23 bits per heavy atom. The molecule has 2 fully saturated rings. The van der Waals surface area contributed by atoms with Crippen molar-refractivity contribution in [3.63, 3.8) is 0 Å². The molecule has 0 radical (unpaired) electrons. The van der Waals surface area contributed by atoms with Gasteiger partial charge in [0.15, 0.2) is 5.79 Å². The number of halogens is 3. The molecule has 4 N–H and O–H groups in total. The maximum atomic E-state index is 14.0. The summed E-state index contributed by atoms with van der Waals surface area (Å²) in [6.07, 6.45) is 4.46. The summed E-state index contributed by atoms with van der Waals surface area (Å²) in [5.74, 6) is -4.73. The second kappa shape index (κ2) is 22.3. The number of hydrogen-bond acceptors (Lipinski definition) is 13. The van der Waals surface area contributed by atoms with Crippen LogP contribution in [-0.2, 0) is 43.7 Å². The quantitative estimate of drug-likeness (QED) is 0.0666. The predicted molar refractivity (Wildman–Crippen MR) is 236 cm³/mol. The van der Waals surface area contributed by atoms with Gasteiger partial charge >= 0.3 is 24.1 Å². The monoisotopic (exact) mass is 916 g/mol. The van der Waals surface area contributed by atoms with Crippen LogP contribution in [0.1, 0.15) is 104 Å². The lowest BCUT2D eigenvalue weighted by atomic mass is 9.76. The third-order valence-electron chi connectivity index (χ3n) is 12.8. The second-order valence-corrected chi connectivity index (χ2v) is 18.2. The number of alkyl halides is 3. The molecule has 1 aromatic rings. The van der Waals surface area contributed by atoms with Crippen molar-refractivity contribution in [2.24, 2.45) is 35.5 Å². The van der Waals surface area contributed by atoms with Gasteiger partial charge in [-0.05, 0) is 55.9 Å². The molecule has 0 unspecified atom stereocenters. The first-order valence-corrected chi connectivity index (χ1v) is 22.1. The number of aliphatic hydroxyl groups is 2. The van der Waals surface area contributed by atoms with Gasteiger partial charge < -0.3 is 38.6 Å². The molecule has 0 spiro atoms. The molecule has 65 heavy (non-hydrogen) atoms. The first-order chi connectivity index (χ1) is 30.4. The second-order valence-electron chi connectivity index (χ2n) is 18.2. The zero-order valence-electron chi connectivity index (χ0n) is 39.2. The number of hydrazine groups is 1. The Balaban J connectivity index is 1.63. The van der Waals surface area contributed by atoms with E-state index in [2.05, 4.69) is 16.8 Å². The average Bonchev–Trinajstić information content (AvgIpc) is 4.07. The molecule has 0 aliphatic carbocycles. The van der Waals surface area contributed by atoms with Gasteiger partial charge in [-0.25, -0.2) is 20.4 Å². The number of carbonyl (C=O) groups is 3. The summed E-state index contributed by atoms with van der Waals surface area (Å²) in [7, 11) is 2.74. The number of carbonyl (C=O) groups excluding carboxylic acids is 3. The Bertz CT molecular complexity index is 1990. The van der Waals surface area contributed by atoms with Gasteiger partial charge in [0.1, 0.15) is 24.4 Å². The zero-order valence-corrected chi connectivity index (χ0v) is 39.2. The van der Waals surface area contributed by atoms with Crippen molar-refractivity contribution in [2.45, 2.75) is 142 Å². The van der Waals surface area contributed by atoms with Crippen LogP contribution >= 0.6 is 0 Å². The van der Waals surface area contributed by atoms with Crippen molar-refractivity contribution in [2.75, 3.05) is 14.2 Å². The highest BCUT2D eigenvalue weighted by molar-refractivity contribution is 5.89. The highest BCUT2D eigenvalue weighted by atomic mass is 19.4. The normalized spacial score (nSPS) is 33.2. The maximum absolute atomic E-state index is 14.0. The van der Waals surface area contributed by atoms with Gasteiger partial charge in [0.05, 0.1) is 31.3 Å². The number of methoxy groups -OCH3 is 2. The highest BCUT2D eigenvalue weighted by Crippen LogP contribution is 2.44. The van der Waals surface area contributed by atoms with E-state index in [0.29, 0.717) is 12.0 Å². The number of esters is 3. The lowest BCUT2D eigenvalue weighted by Crippen LogP contribution is -2.59. The van der Waals surface area contributed by atoms with Gasteiger partial charge in [0, 0.05) is 43.6 Å². The average molecular weight is 917 g/mol. The van der Waals surface area contributed by atoms with E-state index in [0.717, 1.165) is 5.57 Å². The largest absolute Gasteiger partial charge is 0.490 e. The Morgan fingerprint density at radius 2 is 1.68 bits per heavy atom. The number of hydrogen-bond donors (Lipinski definition) is 4. The van der Waals surface area contributed by atoms with Gasteiger partial charge in [-0.3, -0.25) is 4.79 Å². The topological polar surface area (TPSA) is 191 Å². The molecule has 4 rings (SSSR count). The number of terminal acetylenes is 1. The molecule has 12 atom stereocenters. The van der Waals surface area contributed by atoms with Gasteiger partial charge in [-0.2, -0.15) is 13.2 Å². The Hall–Kier alpha value is -4.50. The Morgan fingerprint density at radius 1 is 1.03 bits per heavy atom. The van der Waals surface area contributed by atoms with Crippen LogP contribution in [0.5, 0.6) is 0 Å². The minimum atomic E-state index is -4.60. The van der Waals surface area contributed by atoms with Crippen LogP contribution in [0.2, 0.25) is 0 Å². The molecule has 0 amide bonds. The van der Waals surface area contributed by atoms with Gasteiger partial charge in [-0.1, -0.05) is 96.0 Å². The van der Waals surface area contributed by atoms with Crippen LogP contribution in [0.15, 0.2) is 71.6 Å². The molecule has 13 nitrogen and oxygen atoms in total. The van der Waals surface area contributed by atoms with E-state index in [4.69, 9.17) is 34.8 Å². The van der Waals surface area contributed by atoms with Crippen LogP contribution in [0, 0.1) is 47.9 Å². The summed E-state index contributed by atoms with van der Waals surface area (Å²) >= 11 is 0. The van der Waals surface area contributed by atoms with Gasteiger partial charge in [-0.15, -0.1) is 12.3 Å². The van der Waals surface area contributed by atoms with Crippen molar-refractivity contribution < 1.29 is 66.2 Å². The minimum absolute atomic E-state index is 0.0175. The summed E-state index contributed by atoms with van der Waals surface area (Å²) in [5.41, 5.74) is 3.36. The fourth-order valence-electron chi connectivity index (χ4n) is 8.85. The number of aliphatic hydroxyl groups excluding tert-OH is 1. The molecule has 360 valence electrons. The van der Waals surface area contributed by atoms with E-state index in [1.165, 1.54) is 44.6 Å². The lowest BCUT2D eigenvalue weighted by molar-refractivity contribution is -0.329. The molecule has 3 aliphatic rings. The number of cyclic esters (lactones) is 1. The molecule has 1 aromatic carbocycles. The predicted octanol–water partition coefficient (Wildman–Crippen LogP) is 7.34. The SMILES string of the molecule is C#CCCC(=O)O[C@@H]1C[C@](O)([C@@H](C)[C@H](O)[C@H](C)[C@H]2OC(=O)/C(OC)=C/C(C)=C/[C@@H](C)[C@@H](OC(=O)c3ccc(C4(C(F)(F)F)NN4)cc3)[C@@H](C)C/C(C)=C/C=C/[C@@H]2OC)O[C@H](C(C)C)[C@H]1C. The summed E-state index contributed by atoms with van der Waals surface area (Å²) in [6.45, 7) is 16.5. The number of ether oxygens (including phenoxy) is 6. The van der Waals surface area contributed by atoms with Crippen LogP contribution in [0.3, 0.4) is 0 Å². The van der Waals surface area contributed by atoms with Crippen LogP contribution < -0.4 is 10.9 Å². The van der Waals surface area contributed by atoms with Crippen molar-refractivity contribution >= 4 is 17.9 Å². The first-order valence-electron chi connectivity index (χ1n) is 22.1. The molecule has 3 aliphatic heterocycles. The molecule has 3 heterocycles. The van der Waals surface area contributed by atoms with E-state index in [1.54, 1.807) is 32.9 Å². The maximum Gasteiger partial charge on any atom is 0.426 e. The molecule has 0 aromatic heterocycles. The number of benzene rings is 1. The van der Waals surface area contributed by atoms with Crippen LogP contribution in [-0.4, -0.2) is 90.9 Å². The van der Waals surface area contributed by atoms with Crippen molar-refractivity contribution in [3.05, 3.63) is 82.7 Å². The number of nitrogens with one attached hydrogen (secondary N) is 2. The molecule has 16 heteroatoms. The molecule has 0 bridgehead atoms. The summed E-state index contributed by atoms with van der Waals surface area (Å²) in [5, 5.41) is 24.3. The van der Waals surface area contributed by atoms with Crippen LogP contribution in [0.4, 0.5) is 13.2 Å². The number of allylic oxidation sites excluding steroid dienone is 5. The van der Waals surface area contributed by atoms with E-state index in [-0.39, 0.29) is 53.9 Å². The molecular formula is C49H67F3N2O11. The minimum Gasteiger partial charge on any atom is -0.490 e. The Labute approximate surface area is 381 Å². The highest BCUT2D eigenvalue weighted by Gasteiger charge is 2.65. The Kier molecular flexibility index (Phi) is 18.2. The van der Waals surface area contributed by atoms with Crippen molar-refractivity contribution in [1.29, 1.82) is 0 Å². The van der Waals surface area contributed by atoms with Crippen molar-refractivity contribution in [1.82, 2.24) is 10.9 Å². The zero-order chi connectivity index (χ0) is 48.6. The summed E-state index contributed by atoms with van der Waals surface area (Å²) in [4.78, 5) is 40.3. The van der Waals surface area contributed by atoms with Gasteiger partial charge in [0.25, 0.3) is 0 Å². The van der Waals surface area contributed by atoms with E-state index < -0.39 is 89.9 Å². The van der Waals surface area contributed by atoms with E-state index >= 15 is 0 Å². The third kappa shape index (κ3) is 12.9. The smallest absolute Gasteiger partial charge is 0.426 e. The fourth-order valence-corrected chi connectivity index (χ4v) is 8.85. The van der Waals surface area contributed by atoms with Crippen molar-refractivity contribution in [3.8, 4) is 12.3 Å². The van der Waals surface area contributed by atoms with Crippen LogP contribution in [0.25, 0.3) is 0 Å². The number of rotatable bonds is 13. The fraction of sp³-hybridized carbons (Fsp3) is 0.612. The lowest BCUT2D eigenvalue weighted by Gasteiger charge is -2.50. The van der Waals surface area contributed by atoms with E-state index in [9.17, 15) is 37.8 Å².